The zero-order valence-electron chi connectivity index (χ0n) is 10.3. The van der Waals surface area contributed by atoms with E-state index < -0.39 is 0 Å². The molecule has 1 aromatic carbocycles. The SMILES string of the molecule is CCCC(CSc1ccccc1OC)NC. The molecule has 16 heavy (non-hydrogen) atoms. The zero-order chi connectivity index (χ0) is 11.8. The van der Waals surface area contributed by atoms with E-state index in [0.717, 1.165) is 11.5 Å². The Labute approximate surface area is 103 Å². The van der Waals surface area contributed by atoms with E-state index in [1.165, 1.54) is 17.7 Å². The maximum atomic E-state index is 5.33. The smallest absolute Gasteiger partial charge is 0.132 e. The van der Waals surface area contributed by atoms with Crippen molar-refractivity contribution in [1.29, 1.82) is 0 Å². The van der Waals surface area contributed by atoms with Crippen LogP contribution in [0.3, 0.4) is 0 Å². The fourth-order valence-electron chi connectivity index (χ4n) is 1.59. The van der Waals surface area contributed by atoms with E-state index in [2.05, 4.69) is 24.4 Å². The van der Waals surface area contributed by atoms with Crippen LogP contribution in [0.2, 0.25) is 0 Å². The number of nitrogens with one attached hydrogen (secondary N) is 1. The predicted molar refractivity (Wildman–Crippen MR) is 71.5 cm³/mol. The van der Waals surface area contributed by atoms with Crippen molar-refractivity contribution in [2.24, 2.45) is 0 Å². The van der Waals surface area contributed by atoms with Crippen LogP contribution in [0, 0.1) is 0 Å². The lowest BCUT2D eigenvalue weighted by atomic mass is 10.2. The van der Waals surface area contributed by atoms with E-state index in [0.29, 0.717) is 6.04 Å². The lowest BCUT2D eigenvalue weighted by Crippen LogP contribution is -2.27. The Morgan fingerprint density at radius 2 is 2.12 bits per heavy atom. The van der Waals surface area contributed by atoms with Gasteiger partial charge in [0.2, 0.25) is 0 Å². The second-order valence-corrected chi connectivity index (χ2v) is 4.80. The van der Waals surface area contributed by atoms with Gasteiger partial charge in [-0.1, -0.05) is 25.5 Å². The van der Waals surface area contributed by atoms with Crippen LogP contribution in [-0.4, -0.2) is 26.0 Å². The molecule has 0 bridgehead atoms. The molecule has 0 aliphatic heterocycles. The average molecular weight is 239 g/mol. The number of methoxy groups -OCH3 is 1. The fraction of sp³-hybridized carbons (Fsp3) is 0.538. The molecule has 2 nitrogen and oxygen atoms in total. The van der Waals surface area contributed by atoms with Gasteiger partial charge in [0.25, 0.3) is 0 Å². The zero-order valence-corrected chi connectivity index (χ0v) is 11.1. The third kappa shape index (κ3) is 4.06. The molecule has 0 saturated carbocycles. The molecule has 1 N–H and O–H groups in total. The highest BCUT2D eigenvalue weighted by Crippen LogP contribution is 2.29. The largest absolute Gasteiger partial charge is 0.496 e. The number of rotatable bonds is 7. The fourth-order valence-corrected chi connectivity index (χ4v) is 2.77. The molecule has 0 spiro atoms. The molecule has 0 aromatic heterocycles. The first-order valence-corrected chi connectivity index (χ1v) is 6.73. The summed E-state index contributed by atoms with van der Waals surface area (Å²) in [6.45, 7) is 2.22. The highest BCUT2D eigenvalue weighted by Gasteiger charge is 2.07. The van der Waals surface area contributed by atoms with Gasteiger partial charge in [-0.25, -0.2) is 0 Å². The first-order chi connectivity index (χ1) is 7.81. The van der Waals surface area contributed by atoms with Crippen LogP contribution >= 0.6 is 11.8 Å². The van der Waals surface area contributed by atoms with Gasteiger partial charge in [-0.2, -0.15) is 0 Å². The van der Waals surface area contributed by atoms with E-state index in [9.17, 15) is 0 Å². The number of benzene rings is 1. The van der Waals surface area contributed by atoms with Gasteiger partial charge < -0.3 is 10.1 Å². The van der Waals surface area contributed by atoms with Crippen LogP contribution in [-0.2, 0) is 0 Å². The van der Waals surface area contributed by atoms with E-state index in [-0.39, 0.29) is 0 Å². The number of ether oxygens (including phenoxy) is 1. The van der Waals surface area contributed by atoms with Crippen LogP contribution in [0.15, 0.2) is 29.2 Å². The third-order valence-corrected chi connectivity index (χ3v) is 3.77. The molecule has 0 aliphatic carbocycles. The summed E-state index contributed by atoms with van der Waals surface area (Å²) >= 11 is 1.86. The number of hydrogen-bond donors (Lipinski definition) is 1. The van der Waals surface area contributed by atoms with Gasteiger partial charge >= 0.3 is 0 Å². The summed E-state index contributed by atoms with van der Waals surface area (Å²) in [7, 11) is 3.75. The first kappa shape index (κ1) is 13.4. The van der Waals surface area contributed by atoms with Crippen LogP contribution in [0.1, 0.15) is 19.8 Å². The van der Waals surface area contributed by atoms with E-state index >= 15 is 0 Å². The Balaban J connectivity index is 2.52. The topological polar surface area (TPSA) is 21.3 Å². The summed E-state index contributed by atoms with van der Waals surface area (Å²) in [5.41, 5.74) is 0. The maximum absolute atomic E-state index is 5.33. The lowest BCUT2D eigenvalue weighted by molar-refractivity contribution is 0.405. The highest BCUT2D eigenvalue weighted by molar-refractivity contribution is 7.99. The van der Waals surface area contributed by atoms with Gasteiger partial charge in [0, 0.05) is 16.7 Å². The molecule has 1 rings (SSSR count). The van der Waals surface area contributed by atoms with Crippen molar-refractivity contribution in [1.82, 2.24) is 5.32 Å². The first-order valence-electron chi connectivity index (χ1n) is 5.74. The van der Waals surface area contributed by atoms with Crippen molar-refractivity contribution < 1.29 is 4.74 Å². The van der Waals surface area contributed by atoms with Gasteiger partial charge in [0.15, 0.2) is 0 Å². The molecule has 0 heterocycles. The van der Waals surface area contributed by atoms with Gasteiger partial charge in [-0.05, 0) is 25.6 Å². The van der Waals surface area contributed by atoms with Crippen LogP contribution in [0.5, 0.6) is 5.75 Å². The Hall–Kier alpha value is -0.670. The standard InChI is InChI=1S/C13H21NOS/c1-4-7-11(14-2)10-16-13-9-6-5-8-12(13)15-3/h5-6,8-9,11,14H,4,7,10H2,1-3H3. The minimum atomic E-state index is 0.583. The van der Waals surface area contributed by atoms with Crippen molar-refractivity contribution in [3.8, 4) is 5.75 Å². The maximum Gasteiger partial charge on any atom is 0.132 e. The average Bonchev–Trinajstić information content (AvgIpc) is 2.34. The van der Waals surface area contributed by atoms with Gasteiger partial charge in [-0.3, -0.25) is 0 Å². The second kappa shape index (κ2) is 7.58. The predicted octanol–water partition coefficient (Wildman–Crippen LogP) is 3.18. The molecule has 0 amide bonds. The molecule has 0 aliphatic rings. The summed E-state index contributed by atoms with van der Waals surface area (Å²) in [6.07, 6.45) is 2.44. The monoisotopic (exact) mass is 239 g/mol. The minimum Gasteiger partial charge on any atom is -0.496 e. The quantitative estimate of drug-likeness (QED) is 0.738. The molecule has 1 atom stereocenters. The van der Waals surface area contributed by atoms with Crippen molar-refractivity contribution in [2.45, 2.75) is 30.7 Å². The van der Waals surface area contributed by atoms with Crippen LogP contribution in [0.4, 0.5) is 0 Å². The Morgan fingerprint density at radius 1 is 1.38 bits per heavy atom. The normalized spacial score (nSPS) is 12.4. The molecular weight excluding hydrogens is 218 g/mol. The molecule has 0 fully saturated rings. The summed E-state index contributed by atoms with van der Waals surface area (Å²) in [5, 5.41) is 3.35. The van der Waals surface area contributed by atoms with E-state index in [1.807, 2.05) is 30.9 Å². The van der Waals surface area contributed by atoms with E-state index in [4.69, 9.17) is 4.74 Å². The number of hydrogen-bond acceptors (Lipinski definition) is 3. The Bertz CT molecular complexity index is 304. The number of thioether (sulfide) groups is 1. The second-order valence-electron chi connectivity index (χ2n) is 3.74. The third-order valence-electron chi connectivity index (χ3n) is 2.55. The summed E-state index contributed by atoms with van der Waals surface area (Å²) in [6, 6.07) is 8.77. The number of para-hydroxylation sites is 1. The van der Waals surface area contributed by atoms with Crippen molar-refractivity contribution >= 4 is 11.8 Å². The van der Waals surface area contributed by atoms with Crippen molar-refractivity contribution in [3.63, 3.8) is 0 Å². The molecule has 1 aromatic rings. The van der Waals surface area contributed by atoms with E-state index in [1.54, 1.807) is 7.11 Å². The van der Waals surface area contributed by atoms with Gasteiger partial charge in [-0.15, -0.1) is 11.8 Å². The van der Waals surface area contributed by atoms with Crippen molar-refractivity contribution in [3.05, 3.63) is 24.3 Å². The Morgan fingerprint density at radius 3 is 2.75 bits per heavy atom. The molecule has 0 saturated heterocycles. The van der Waals surface area contributed by atoms with Crippen LogP contribution < -0.4 is 10.1 Å². The van der Waals surface area contributed by atoms with Crippen LogP contribution in [0.25, 0.3) is 0 Å². The molecule has 1 unspecified atom stereocenters. The van der Waals surface area contributed by atoms with Gasteiger partial charge in [0.05, 0.1) is 7.11 Å². The molecule has 3 heteroatoms. The molecular formula is C13H21NOS. The van der Waals surface area contributed by atoms with Crippen molar-refractivity contribution in [2.75, 3.05) is 19.9 Å². The van der Waals surface area contributed by atoms with Gasteiger partial charge in [0.1, 0.15) is 5.75 Å². The summed E-state index contributed by atoms with van der Waals surface area (Å²) in [5.74, 6) is 2.06. The molecule has 90 valence electrons. The summed E-state index contributed by atoms with van der Waals surface area (Å²) < 4.78 is 5.33. The highest BCUT2D eigenvalue weighted by atomic mass is 32.2. The Kier molecular flexibility index (Phi) is 6.34. The minimum absolute atomic E-state index is 0.583. The summed E-state index contributed by atoms with van der Waals surface area (Å²) in [4.78, 5) is 1.22. The lowest BCUT2D eigenvalue weighted by Gasteiger charge is -2.15. The molecule has 0 radical (unpaired) electrons.